The molecule has 2 N–H and O–H groups in total. The monoisotopic (exact) mass is 371 g/mol. The summed E-state index contributed by atoms with van der Waals surface area (Å²) < 4.78 is 7.29. The van der Waals surface area contributed by atoms with Crippen LogP contribution in [0.15, 0.2) is 36.9 Å². The van der Waals surface area contributed by atoms with E-state index in [0.29, 0.717) is 29.6 Å². The predicted octanol–water partition coefficient (Wildman–Crippen LogP) is 2.79. The van der Waals surface area contributed by atoms with Gasteiger partial charge in [0.2, 0.25) is 5.91 Å². The Morgan fingerprint density at radius 3 is 2.89 bits per heavy atom. The summed E-state index contributed by atoms with van der Waals surface area (Å²) in [7, 11) is 1.53. The van der Waals surface area contributed by atoms with Crippen molar-refractivity contribution in [1.82, 2.24) is 14.5 Å². The van der Waals surface area contributed by atoms with Crippen LogP contribution in [0.25, 0.3) is 0 Å². The second-order valence-corrected chi connectivity index (χ2v) is 6.74. The van der Waals surface area contributed by atoms with E-state index in [1.807, 2.05) is 11.1 Å². The minimum absolute atomic E-state index is 0.135. The SMILES string of the molecule is COc1ccc(NC(=O)N2CCC[C@H](Cn3ccnc3)C2)cc1NC(C)=O. The molecule has 0 saturated carbocycles. The van der Waals surface area contributed by atoms with Crippen LogP contribution >= 0.6 is 0 Å². The van der Waals surface area contributed by atoms with E-state index in [-0.39, 0.29) is 11.9 Å². The Kier molecular flexibility index (Phi) is 5.95. The molecule has 1 aromatic carbocycles. The van der Waals surface area contributed by atoms with Crippen LogP contribution in [0, 0.1) is 5.92 Å². The first-order valence-electron chi connectivity index (χ1n) is 9.02. The van der Waals surface area contributed by atoms with Crippen molar-refractivity contribution in [2.24, 2.45) is 5.92 Å². The summed E-state index contributed by atoms with van der Waals surface area (Å²) in [5.41, 5.74) is 1.14. The Labute approximate surface area is 158 Å². The van der Waals surface area contributed by atoms with Crippen molar-refractivity contribution in [3.8, 4) is 5.75 Å². The predicted molar refractivity (Wildman–Crippen MR) is 103 cm³/mol. The Bertz CT molecular complexity index is 791. The molecule has 0 spiro atoms. The fraction of sp³-hybridized carbons (Fsp3) is 0.421. The lowest BCUT2D eigenvalue weighted by atomic mass is 9.98. The highest BCUT2D eigenvalue weighted by atomic mass is 16.5. The molecular weight excluding hydrogens is 346 g/mol. The number of hydrogen-bond acceptors (Lipinski definition) is 4. The van der Waals surface area contributed by atoms with Gasteiger partial charge in [-0.3, -0.25) is 4.79 Å². The Morgan fingerprint density at radius 1 is 1.33 bits per heavy atom. The zero-order valence-electron chi connectivity index (χ0n) is 15.6. The lowest BCUT2D eigenvalue weighted by Gasteiger charge is -2.33. The third kappa shape index (κ3) is 4.99. The third-order valence-corrected chi connectivity index (χ3v) is 4.60. The van der Waals surface area contributed by atoms with Gasteiger partial charge in [0.25, 0.3) is 0 Å². The summed E-state index contributed by atoms with van der Waals surface area (Å²) in [6.45, 7) is 3.73. The second-order valence-electron chi connectivity index (χ2n) is 6.74. The number of nitrogens with one attached hydrogen (secondary N) is 2. The van der Waals surface area contributed by atoms with E-state index in [1.54, 1.807) is 30.7 Å². The molecule has 1 aromatic heterocycles. The first-order chi connectivity index (χ1) is 13.0. The average Bonchev–Trinajstić information content (AvgIpc) is 3.15. The van der Waals surface area contributed by atoms with Gasteiger partial charge in [-0.2, -0.15) is 0 Å². The molecule has 1 fully saturated rings. The Morgan fingerprint density at radius 2 is 2.19 bits per heavy atom. The van der Waals surface area contributed by atoms with Gasteiger partial charge in [0.15, 0.2) is 0 Å². The van der Waals surface area contributed by atoms with Crippen LogP contribution < -0.4 is 15.4 Å². The van der Waals surface area contributed by atoms with Crippen LogP contribution in [-0.2, 0) is 11.3 Å². The normalized spacial score (nSPS) is 16.7. The number of piperidine rings is 1. The van der Waals surface area contributed by atoms with Gasteiger partial charge in [0, 0.05) is 44.6 Å². The van der Waals surface area contributed by atoms with Crippen LogP contribution in [-0.4, -0.2) is 46.6 Å². The largest absolute Gasteiger partial charge is 0.495 e. The number of aromatic nitrogens is 2. The van der Waals surface area contributed by atoms with Crippen molar-refractivity contribution >= 4 is 23.3 Å². The maximum Gasteiger partial charge on any atom is 0.321 e. The van der Waals surface area contributed by atoms with Gasteiger partial charge in [-0.1, -0.05) is 0 Å². The number of carbonyl (C=O) groups is 2. The van der Waals surface area contributed by atoms with Crippen molar-refractivity contribution in [3.63, 3.8) is 0 Å². The fourth-order valence-corrected chi connectivity index (χ4v) is 3.37. The number of carbonyl (C=O) groups excluding carboxylic acids is 2. The standard InChI is InChI=1S/C19H25N5O3/c1-14(25)21-17-10-16(5-6-18(17)27-2)22-19(26)24-8-3-4-15(12-24)11-23-9-7-20-13-23/h5-7,9-10,13,15H,3-4,8,11-12H2,1-2H3,(H,21,25)(H,22,26)/t15-/m1/s1. The molecule has 0 aliphatic carbocycles. The molecule has 0 bridgehead atoms. The Balaban J connectivity index is 1.63. The number of nitrogens with zero attached hydrogens (tertiary/aromatic N) is 3. The van der Waals surface area contributed by atoms with Crippen LogP contribution in [0.3, 0.4) is 0 Å². The van der Waals surface area contributed by atoms with Gasteiger partial charge in [0.1, 0.15) is 5.75 Å². The molecular formula is C19H25N5O3. The van der Waals surface area contributed by atoms with Crippen molar-refractivity contribution in [2.45, 2.75) is 26.3 Å². The summed E-state index contributed by atoms with van der Waals surface area (Å²) in [4.78, 5) is 30.0. The van der Waals surface area contributed by atoms with E-state index in [0.717, 1.165) is 25.9 Å². The van der Waals surface area contributed by atoms with Crippen LogP contribution in [0.1, 0.15) is 19.8 Å². The quantitative estimate of drug-likeness (QED) is 0.846. The highest BCUT2D eigenvalue weighted by molar-refractivity contribution is 5.94. The number of ether oxygens (including phenoxy) is 1. The summed E-state index contributed by atoms with van der Waals surface area (Å²) >= 11 is 0. The van der Waals surface area contributed by atoms with Gasteiger partial charge in [-0.05, 0) is 37.0 Å². The molecule has 3 rings (SSSR count). The lowest BCUT2D eigenvalue weighted by molar-refractivity contribution is -0.114. The molecule has 3 amide bonds. The maximum absolute atomic E-state index is 12.7. The van der Waals surface area contributed by atoms with E-state index < -0.39 is 0 Å². The molecule has 1 saturated heterocycles. The van der Waals surface area contributed by atoms with Crippen molar-refractivity contribution in [3.05, 3.63) is 36.9 Å². The van der Waals surface area contributed by atoms with Gasteiger partial charge in [0.05, 0.1) is 19.1 Å². The van der Waals surface area contributed by atoms with Crippen molar-refractivity contribution in [2.75, 3.05) is 30.8 Å². The number of benzene rings is 1. The summed E-state index contributed by atoms with van der Waals surface area (Å²) in [6, 6.07) is 5.04. The topological polar surface area (TPSA) is 88.5 Å². The second kappa shape index (κ2) is 8.57. The van der Waals surface area contributed by atoms with Crippen molar-refractivity contribution < 1.29 is 14.3 Å². The van der Waals surface area contributed by atoms with E-state index in [4.69, 9.17) is 4.74 Å². The molecule has 8 heteroatoms. The molecule has 2 heterocycles. The smallest absolute Gasteiger partial charge is 0.321 e. The minimum atomic E-state index is -0.199. The molecule has 27 heavy (non-hydrogen) atoms. The van der Waals surface area contributed by atoms with Gasteiger partial charge >= 0.3 is 6.03 Å². The highest BCUT2D eigenvalue weighted by Gasteiger charge is 2.24. The molecule has 2 aromatic rings. The minimum Gasteiger partial charge on any atom is -0.495 e. The number of rotatable bonds is 5. The number of likely N-dealkylation sites (tertiary alicyclic amines) is 1. The fourth-order valence-electron chi connectivity index (χ4n) is 3.37. The van der Waals surface area contributed by atoms with Gasteiger partial charge in [-0.15, -0.1) is 0 Å². The van der Waals surface area contributed by atoms with E-state index in [2.05, 4.69) is 20.2 Å². The Hall–Kier alpha value is -3.03. The highest BCUT2D eigenvalue weighted by Crippen LogP contribution is 2.28. The number of anilines is 2. The van der Waals surface area contributed by atoms with E-state index in [1.165, 1.54) is 14.0 Å². The molecule has 1 aliphatic rings. The van der Waals surface area contributed by atoms with Gasteiger partial charge < -0.3 is 24.8 Å². The number of amides is 3. The van der Waals surface area contributed by atoms with E-state index >= 15 is 0 Å². The molecule has 0 unspecified atom stereocenters. The maximum atomic E-state index is 12.7. The first-order valence-corrected chi connectivity index (χ1v) is 9.02. The number of imidazole rings is 1. The number of methoxy groups -OCH3 is 1. The van der Waals surface area contributed by atoms with Crippen LogP contribution in [0.5, 0.6) is 5.75 Å². The lowest BCUT2D eigenvalue weighted by Crippen LogP contribution is -2.43. The summed E-state index contributed by atoms with van der Waals surface area (Å²) in [6.07, 6.45) is 7.59. The molecule has 1 atom stereocenters. The summed E-state index contributed by atoms with van der Waals surface area (Å²) in [5.74, 6) is 0.751. The zero-order chi connectivity index (χ0) is 19.2. The van der Waals surface area contributed by atoms with Crippen LogP contribution in [0.2, 0.25) is 0 Å². The zero-order valence-corrected chi connectivity index (χ0v) is 15.6. The average molecular weight is 371 g/mol. The van der Waals surface area contributed by atoms with Crippen molar-refractivity contribution in [1.29, 1.82) is 0 Å². The molecule has 8 nitrogen and oxygen atoms in total. The number of hydrogen-bond donors (Lipinski definition) is 2. The first kappa shape index (κ1) is 18.8. The van der Waals surface area contributed by atoms with Gasteiger partial charge in [-0.25, -0.2) is 9.78 Å². The van der Waals surface area contributed by atoms with E-state index in [9.17, 15) is 9.59 Å². The molecule has 144 valence electrons. The summed E-state index contributed by atoms with van der Waals surface area (Å²) in [5, 5.41) is 5.63. The number of urea groups is 1. The third-order valence-electron chi connectivity index (χ3n) is 4.60. The molecule has 1 aliphatic heterocycles. The van der Waals surface area contributed by atoms with Crippen LogP contribution in [0.4, 0.5) is 16.2 Å². The molecule has 0 radical (unpaired) electrons.